The zero-order valence-corrected chi connectivity index (χ0v) is 29.8. The van der Waals surface area contributed by atoms with Crippen molar-refractivity contribution in [2.45, 2.75) is 95.3 Å². The third kappa shape index (κ3) is 9.71. The molecule has 2 aliphatic rings. The van der Waals surface area contributed by atoms with Gasteiger partial charge in [0.15, 0.2) is 0 Å². The predicted molar refractivity (Wildman–Crippen MR) is 185 cm³/mol. The van der Waals surface area contributed by atoms with Gasteiger partial charge in [0.2, 0.25) is 15.9 Å². The first kappa shape index (κ1) is 37.6. The second kappa shape index (κ2) is 17.5. The standard InChI is InChI=1S/C36H53N3O8S/c1-25-22-39(26(2)24-40)36(42)32-21-29(37-35(41)28-12-7-6-8-13-28)14-19-33(32)47-27(3)11-9-10-20-46-34(25)23-38(4)48(43,44)31-17-15-30(45-5)16-18-31/h14-19,21,25-28,34,40H,6-13,20,22-24H2,1-5H3,(H,37,41)/t25-,26+,27-,34+/m1/s1. The Balaban J connectivity index is 1.62. The van der Waals surface area contributed by atoms with Gasteiger partial charge in [-0.05, 0) is 88.4 Å². The van der Waals surface area contributed by atoms with Crippen LogP contribution in [0.15, 0.2) is 47.4 Å². The predicted octanol–water partition coefficient (Wildman–Crippen LogP) is 5.33. The molecule has 0 saturated heterocycles. The first-order valence-corrected chi connectivity index (χ1v) is 18.6. The van der Waals surface area contributed by atoms with Crippen LogP contribution in [0.1, 0.15) is 82.5 Å². The molecule has 2 aromatic rings. The van der Waals surface area contributed by atoms with Crippen molar-refractivity contribution in [3.63, 3.8) is 0 Å². The Kier molecular flexibility index (Phi) is 13.7. The molecule has 0 radical (unpaired) electrons. The summed E-state index contributed by atoms with van der Waals surface area (Å²) in [6.45, 7) is 6.05. The van der Waals surface area contributed by atoms with Crippen LogP contribution in [-0.2, 0) is 19.6 Å². The lowest BCUT2D eigenvalue weighted by molar-refractivity contribution is -0.120. The molecular formula is C36H53N3O8S. The average molecular weight is 688 g/mol. The van der Waals surface area contributed by atoms with Gasteiger partial charge < -0.3 is 29.5 Å². The molecule has 0 bridgehead atoms. The van der Waals surface area contributed by atoms with Gasteiger partial charge in [-0.1, -0.05) is 26.2 Å². The highest BCUT2D eigenvalue weighted by molar-refractivity contribution is 7.89. The number of aliphatic hydroxyl groups is 1. The summed E-state index contributed by atoms with van der Waals surface area (Å²) in [6, 6.07) is 10.9. The minimum absolute atomic E-state index is 0.0415. The van der Waals surface area contributed by atoms with Crippen molar-refractivity contribution in [1.82, 2.24) is 9.21 Å². The molecule has 4 rings (SSSR count). The van der Waals surface area contributed by atoms with Crippen LogP contribution < -0.4 is 14.8 Å². The van der Waals surface area contributed by atoms with Crippen LogP contribution in [0.5, 0.6) is 11.5 Å². The number of anilines is 1. The van der Waals surface area contributed by atoms with Crippen LogP contribution in [-0.4, -0.2) is 93.3 Å². The third-order valence-corrected chi connectivity index (χ3v) is 11.3. The van der Waals surface area contributed by atoms with Crippen LogP contribution in [0.25, 0.3) is 0 Å². The van der Waals surface area contributed by atoms with Crippen molar-refractivity contribution in [2.75, 3.05) is 45.8 Å². The number of amides is 2. The van der Waals surface area contributed by atoms with Gasteiger partial charge in [-0.3, -0.25) is 9.59 Å². The molecule has 1 aliphatic carbocycles. The SMILES string of the molecule is COc1ccc(S(=O)(=O)N(C)C[C@@H]2OCCCC[C@@H](C)Oc3ccc(NC(=O)C4CCCCC4)cc3C(=O)N([C@@H](C)CO)C[C@H]2C)cc1. The molecule has 0 unspecified atom stereocenters. The van der Waals surface area contributed by atoms with Gasteiger partial charge in [-0.2, -0.15) is 4.31 Å². The van der Waals surface area contributed by atoms with Gasteiger partial charge in [-0.25, -0.2) is 8.42 Å². The molecule has 12 heteroatoms. The minimum Gasteiger partial charge on any atom is -0.497 e. The molecular weight excluding hydrogens is 634 g/mol. The van der Waals surface area contributed by atoms with Gasteiger partial charge >= 0.3 is 0 Å². The fourth-order valence-corrected chi connectivity index (χ4v) is 7.53. The third-order valence-electron chi connectivity index (χ3n) is 9.50. The van der Waals surface area contributed by atoms with E-state index >= 15 is 0 Å². The van der Waals surface area contributed by atoms with E-state index in [1.807, 2.05) is 13.8 Å². The number of carbonyl (C=O) groups is 2. The highest BCUT2D eigenvalue weighted by Crippen LogP contribution is 2.30. The largest absolute Gasteiger partial charge is 0.497 e. The Morgan fingerprint density at radius 1 is 1.06 bits per heavy atom. The summed E-state index contributed by atoms with van der Waals surface area (Å²) in [4.78, 5) is 29.2. The van der Waals surface area contributed by atoms with E-state index in [0.717, 1.165) is 51.4 Å². The summed E-state index contributed by atoms with van der Waals surface area (Å²) >= 11 is 0. The van der Waals surface area contributed by atoms with E-state index in [0.29, 0.717) is 29.4 Å². The van der Waals surface area contributed by atoms with E-state index in [1.165, 1.54) is 30.6 Å². The zero-order chi connectivity index (χ0) is 34.8. The van der Waals surface area contributed by atoms with Gasteiger partial charge in [0.25, 0.3) is 5.91 Å². The molecule has 1 aliphatic heterocycles. The number of fused-ring (bicyclic) bond motifs is 1. The molecule has 11 nitrogen and oxygen atoms in total. The first-order valence-electron chi connectivity index (χ1n) is 17.2. The summed E-state index contributed by atoms with van der Waals surface area (Å²) in [5.41, 5.74) is 0.816. The molecule has 0 spiro atoms. The highest BCUT2D eigenvalue weighted by atomic mass is 32.2. The summed E-state index contributed by atoms with van der Waals surface area (Å²) in [6.07, 6.45) is 6.48. The molecule has 2 aromatic carbocycles. The second-order valence-corrected chi connectivity index (χ2v) is 15.3. The molecule has 2 amide bonds. The number of likely N-dealkylation sites (N-methyl/N-ethyl adjacent to an activating group) is 1. The summed E-state index contributed by atoms with van der Waals surface area (Å²) in [5.74, 6) is 0.227. The summed E-state index contributed by atoms with van der Waals surface area (Å²) < 4.78 is 46.1. The van der Waals surface area contributed by atoms with E-state index < -0.39 is 22.2 Å². The van der Waals surface area contributed by atoms with Crippen LogP contribution in [0, 0.1) is 11.8 Å². The Bertz CT molecular complexity index is 1460. The fraction of sp³-hybridized carbons (Fsp3) is 0.611. The topological polar surface area (TPSA) is 135 Å². The second-order valence-electron chi connectivity index (χ2n) is 13.3. The normalized spacial score (nSPS) is 22.7. The number of hydrogen-bond donors (Lipinski definition) is 2. The number of aliphatic hydroxyl groups excluding tert-OH is 1. The number of nitrogens with one attached hydrogen (secondary N) is 1. The van der Waals surface area contributed by atoms with Crippen molar-refractivity contribution >= 4 is 27.5 Å². The van der Waals surface area contributed by atoms with E-state index in [9.17, 15) is 23.1 Å². The lowest BCUT2D eigenvalue weighted by Gasteiger charge is -2.35. The number of hydrogen-bond acceptors (Lipinski definition) is 8. The number of carbonyl (C=O) groups excluding carboxylic acids is 2. The van der Waals surface area contributed by atoms with E-state index in [2.05, 4.69) is 5.32 Å². The van der Waals surface area contributed by atoms with Crippen molar-refractivity contribution in [3.8, 4) is 11.5 Å². The molecule has 0 aromatic heterocycles. The Labute approximate surface area is 286 Å². The number of methoxy groups -OCH3 is 1. The number of benzene rings is 2. The molecule has 1 heterocycles. The highest BCUT2D eigenvalue weighted by Gasteiger charge is 2.33. The summed E-state index contributed by atoms with van der Waals surface area (Å²) in [5, 5.41) is 13.3. The monoisotopic (exact) mass is 687 g/mol. The lowest BCUT2D eigenvalue weighted by atomic mass is 9.88. The van der Waals surface area contributed by atoms with Crippen molar-refractivity contribution in [3.05, 3.63) is 48.0 Å². The van der Waals surface area contributed by atoms with Crippen molar-refractivity contribution < 1.29 is 37.3 Å². The molecule has 1 fully saturated rings. The zero-order valence-electron chi connectivity index (χ0n) is 29.0. The van der Waals surface area contributed by atoms with Gasteiger partial charge in [0, 0.05) is 44.3 Å². The average Bonchev–Trinajstić information content (AvgIpc) is 3.09. The molecule has 266 valence electrons. The van der Waals surface area contributed by atoms with Gasteiger partial charge in [-0.15, -0.1) is 0 Å². The fourth-order valence-electron chi connectivity index (χ4n) is 6.35. The lowest BCUT2D eigenvalue weighted by Crippen LogP contribution is -2.48. The van der Waals surface area contributed by atoms with Crippen LogP contribution in [0.4, 0.5) is 5.69 Å². The van der Waals surface area contributed by atoms with Crippen LogP contribution in [0.2, 0.25) is 0 Å². The Morgan fingerprint density at radius 3 is 2.42 bits per heavy atom. The maximum absolute atomic E-state index is 14.4. The van der Waals surface area contributed by atoms with E-state index in [4.69, 9.17) is 14.2 Å². The first-order chi connectivity index (χ1) is 22.9. The quantitative estimate of drug-likeness (QED) is 0.362. The molecule has 4 atom stereocenters. The molecule has 1 saturated carbocycles. The van der Waals surface area contributed by atoms with E-state index in [-0.39, 0.29) is 54.3 Å². The Morgan fingerprint density at radius 2 is 1.75 bits per heavy atom. The minimum atomic E-state index is -3.84. The van der Waals surface area contributed by atoms with Crippen molar-refractivity contribution in [1.29, 1.82) is 0 Å². The smallest absolute Gasteiger partial charge is 0.258 e. The molecule has 48 heavy (non-hydrogen) atoms. The number of rotatable bonds is 9. The maximum atomic E-state index is 14.4. The number of ether oxygens (including phenoxy) is 3. The number of nitrogens with zero attached hydrogens (tertiary/aromatic N) is 2. The number of sulfonamides is 1. The van der Waals surface area contributed by atoms with Crippen LogP contribution >= 0.6 is 0 Å². The van der Waals surface area contributed by atoms with Crippen LogP contribution in [0.3, 0.4) is 0 Å². The van der Waals surface area contributed by atoms with Crippen molar-refractivity contribution in [2.24, 2.45) is 11.8 Å². The summed E-state index contributed by atoms with van der Waals surface area (Å²) in [7, 11) is -0.788. The van der Waals surface area contributed by atoms with Gasteiger partial charge in [0.05, 0.1) is 42.4 Å². The van der Waals surface area contributed by atoms with Gasteiger partial charge in [0.1, 0.15) is 11.5 Å². The molecule has 2 N–H and O–H groups in total. The Hall–Kier alpha value is -3.19. The van der Waals surface area contributed by atoms with E-state index in [1.54, 1.807) is 42.2 Å². The maximum Gasteiger partial charge on any atom is 0.258 e.